The van der Waals surface area contributed by atoms with Gasteiger partial charge in [-0.05, 0) is 62.2 Å². The van der Waals surface area contributed by atoms with Crippen LogP contribution >= 0.6 is 11.6 Å². The smallest absolute Gasteiger partial charge is 0.283 e. The average Bonchev–Trinajstić information content (AvgIpc) is 3.39. The molecular formula is C23H22ClN3O4. The second-order valence-corrected chi connectivity index (χ2v) is 7.64. The Morgan fingerprint density at radius 3 is 2.45 bits per heavy atom. The number of amides is 3. The van der Waals surface area contributed by atoms with Gasteiger partial charge in [0.2, 0.25) is 0 Å². The molecule has 2 aromatic carbocycles. The standard InChI is InChI=1S/C23H22ClN3O4/c1-2-31-18-10-8-17(9-11-18)27-22(29)19(24)20(23(27)30)25-16-7-5-6-15(14-16)21(28)26-12-3-4-13-26/h5-11,14,25H,2-4,12-13H2,1H3. The Morgan fingerprint density at radius 1 is 1.06 bits per heavy atom. The zero-order valence-corrected chi connectivity index (χ0v) is 17.8. The topological polar surface area (TPSA) is 79.0 Å². The quantitative estimate of drug-likeness (QED) is 0.693. The lowest BCUT2D eigenvalue weighted by molar-refractivity contribution is -0.120. The van der Waals surface area contributed by atoms with Crippen molar-refractivity contribution in [3.05, 3.63) is 64.8 Å². The number of carbonyl (C=O) groups is 3. The Labute approximate surface area is 185 Å². The summed E-state index contributed by atoms with van der Waals surface area (Å²) in [5.41, 5.74) is 1.40. The molecule has 3 amide bonds. The normalized spacial score (nSPS) is 16.3. The molecule has 0 radical (unpaired) electrons. The lowest BCUT2D eigenvalue weighted by atomic mass is 10.1. The highest BCUT2D eigenvalue weighted by Gasteiger charge is 2.39. The van der Waals surface area contributed by atoms with E-state index in [-0.39, 0.29) is 16.6 Å². The van der Waals surface area contributed by atoms with E-state index in [2.05, 4.69) is 5.32 Å². The molecular weight excluding hydrogens is 418 g/mol. The predicted octanol–water partition coefficient (Wildman–Crippen LogP) is 3.76. The number of nitrogens with zero attached hydrogens (tertiary/aromatic N) is 2. The summed E-state index contributed by atoms with van der Waals surface area (Å²) in [6.07, 6.45) is 2.01. The number of carbonyl (C=O) groups excluding carboxylic acids is 3. The summed E-state index contributed by atoms with van der Waals surface area (Å²) < 4.78 is 5.40. The molecule has 0 aliphatic carbocycles. The maximum absolute atomic E-state index is 13.0. The average molecular weight is 440 g/mol. The Morgan fingerprint density at radius 2 is 1.77 bits per heavy atom. The SMILES string of the molecule is CCOc1ccc(N2C(=O)C(Cl)=C(Nc3cccc(C(=O)N4CCCC4)c3)C2=O)cc1. The summed E-state index contributed by atoms with van der Waals surface area (Å²) in [5.74, 6) is -0.577. The Hall–Kier alpha value is -3.32. The van der Waals surface area contributed by atoms with Crippen molar-refractivity contribution >= 4 is 40.7 Å². The first-order valence-corrected chi connectivity index (χ1v) is 10.5. The Kier molecular flexibility index (Phi) is 5.95. The van der Waals surface area contributed by atoms with E-state index < -0.39 is 11.8 Å². The monoisotopic (exact) mass is 439 g/mol. The third-order valence-electron chi connectivity index (χ3n) is 5.21. The van der Waals surface area contributed by atoms with Crippen LogP contribution in [0.3, 0.4) is 0 Å². The molecule has 2 heterocycles. The van der Waals surface area contributed by atoms with Crippen molar-refractivity contribution in [3.8, 4) is 5.75 Å². The van der Waals surface area contributed by atoms with Crippen molar-refractivity contribution < 1.29 is 19.1 Å². The third-order valence-corrected chi connectivity index (χ3v) is 5.56. The van der Waals surface area contributed by atoms with Crippen LogP contribution in [0.4, 0.5) is 11.4 Å². The number of anilines is 2. The fourth-order valence-corrected chi connectivity index (χ4v) is 3.89. The van der Waals surface area contributed by atoms with Crippen LogP contribution in [0, 0.1) is 0 Å². The molecule has 1 N–H and O–H groups in total. The third kappa shape index (κ3) is 4.14. The molecule has 0 unspecified atom stereocenters. The van der Waals surface area contributed by atoms with Crippen LogP contribution in [-0.4, -0.2) is 42.3 Å². The molecule has 31 heavy (non-hydrogen) atoms. The summed E-state index contributed by atoms with van der Waals surface area (Å²) in [7, 11) is 0. The minimum atomic E-state index is -0.609. The number of rotatable bonds is 6. The molecule has 1 saturated heterocycles. The molecule has 0 atom stereocenters. The first kappa shape index (κ1) is 20.9. The maximum Gasteiger partial charge on any atom is 0.283 e. The largest absolute Gasteiger partial charge is 0.494 e. The molecule has 1 fully saturated rings. The summed E-state index contributed by atoms with van der Waals surface area (Å²) in [6.45, 7) is 3.88. The molecule has 8 heteroatoms. The predicted molar refractivity (Wildman–Crippen MR) is 118 cm³/mol. The van der Waals surface area contributed by atoms with E-state index in [1.807, 2.05) is 11.8 Å². The Balaban J connectivity index is 1.53. The fraction of sp³-hybridized carbons (Fsp3) is 0.261. The lowest BCUT2D eigenvalue weighted by Gasteiger charge is -2.17. The molecule has 0 saturated carbocycles. The highest BCUT2D eigenvalue weighted by Crippen LogP contribution is 2.31. The number of imide groups is 1. The van der Waals surface area contributed by atoms with Crippen LogP contribution in [0.2, 0.25) is 0 Å². The van der Waals surface area contributed by atoms with Crippen molar-refractivity contribution in [1.82, 2.24) is 4.90 Å². The van der Waals surface area contributed by atoms with Crippen LogP contribution in [-0.2, 0) is 9.59 Å². The van der Waals surface area contributed by atoms with Crippen molar-refractivity contribution in [3.63, 3.8) is 0 Å². The molecule has 7 nitrogen and oxygen atoms in total. The first-order valence-electron chi connectivity index (χ1n) is 10.2. The van der Waals surface area contributed by atoms with Gasteiger partial charge in [0.25, 0.3) is 17.7 Å². The van der Waals surface area contributed by atoms with E-state index in [0.29, 0.717) is 29.3 Å². The number of ether oxygens (including phenoxy) is 1. The van der Waals surface area contributed by atoms with Crippen LogP contribution in [0.25, 0.3) is 0 Å². The van der Waals surface area contributed by atoms with E-state index in [0.717, 1.165) is 30.8 Å². The molecule has 2 aromatic rings. The second kappa shape index (κ2) is 8.81. The van der Waals surface area contributed by atoms with Gasteiger partial charge in [-0.3, -0.25) is 14.4 Å². The number of nitrogens with one attached hydrogen (secondary N) is 1. The van der Waals surface area contributed by atoms with Crippen molar-refractivity contribution in [2.75, 3.05) is 29.9 Å². The van der Waals surface area contributed by atoms with E-state index in [9.17, 15) is 14.4 Å². The van der Waals surface area contributed by atoms with Crippen LogP contribution < -0.4 is 15.0 Å². The van der Waals surface area contributed by atoms with Gasteiger partial charge in [0.05, 0.1) is 12.3 Å². The minimum absolute atomic E-state index is 0.0219. The molecule has 0 aromatic heterocycles. The summed E-state index contributed by atoms with van der Waals surface area (Å²) in [6, 6.07) is 13.5. The zero-order valence-electron chi connectivity index (χ0n) is 17.1. The summed E-state index contributed by atoms with van der Waals surface area (Å²) in [4.78, 5) is 41.1. The van der Waals surface area contributed by atoms with Gasteiger partial charge in [0, 0.05) is 24.3 Å². The molecule has 2 aliphatic rings. The van der Waals surface area contributed by atoms with Crippen LogP contribution in [0.15, 0.2) is 59.3 Å². The number of hydrogen-bond acceptors (Lipinski definition) is 5. The van der Waals surface area contributed by atoms with Crippen LogP contribution in [0.5, 0.6) is 5.75 Å². The lowest BCUT2D eigenvalue weighted by Crippen LogP contribution is -2.32. The van der Waals surface area contributed by atoms with E-state index in [1.165, 1.54) is 0 Å². The molecule has 160 valence electrons. The Bertz CT molecular complexity index is 1060. The first-order chi connectivity index (χ1) is 15.0. The highest BCUT2D eigenvalue weighted by atomic mass is 35.5. The van der Waals surface area contributed by atoms with Crippen molar-refractivity contribution in [2.45, 2.75) is 19.8 Å². The van der Waals surface area contributed by atoms with Crippen molar-refractivity contribution in [1.29, 1.82) is 0 Å². The van der Waals surface area contributed by atoms with E-state index in [1.54, 1.807) is 48.5 Å². The van der Waals surface area contributed by atoms with Crippen molar-refractivity contribution in [2.24, 2.45) is 0 Å². The van der Waals surface area contributed by atoms with Gasteiger partial charge in [-0.1, -0.05) is 17.7 Å². The van der Waals surface area contributed by atoms with Gasteiger partial charge in [0.1, 0.15) is 16.5 Å². The maximum atomic E-state index is 13.0. The molecule has 0 spiro atoms. The number of benzene rings is 2. The summed E-state index contributed by atoms with van der Waals surface area (Å²) in [5, 5.41) is 2.73. The van der Waals surface area contributed by atoms with Gasteiger partial charge in [-0.25, -0.2) is 4.90 Å². The number of halogens is 1. The van der Waals surface area contributed by atoms with Crippen LogP contribution in [0.1, 0.15) is 30.1 Å². The minimum Gasteiger partial charge on any atom is -0.494 e. The number of hydrogen-bond donors (Lipinski definition) is 1. The fourth-order valence-electron chi connectivity index (χ4n) is 3.68. The van der Waals surface area contributed by atoms with Gasteiger partial charge in [-0.15, -0.1) is 0 Å². The summed E-state index contributed by atoms with van der Waals surface area (Å²) >= 11 is 6.21. The van der Waals surface area contributed by atoms with Gasteiger partial charge in [0.15, 0.2) is 0 Å². The molecule has 2 aliphatic heterocycles. The van der Waals surface area contributed by atoms with Gasteiger partial charge >= 0.3 is 0 Å². The van der Waals surface area contributed by atoms with Gasteiger partial charge in [-0.2, -0.15) is 0 Å². The van der Waals surface area contributed by atoms with E-state index in [4.69, 9.17) is 16.3 Å². The molecule has 0 bridgehead atoms. The zero-order chi connectivity index (χ0) is 22.0. The molecule has 4 rings (SSSR count). The second-order valence-electron chi connectivity index (χ2n) is 7.27. The number of likely N-dealkylation sites (tertiary alicyclic amines) is 1. The van der Waals surface area contributed by atoms with Gasteiger partial charge < -0.3 is 15.0 Å². The highest BCUT2D eigenvalue weighted by molar-refractivity contribution is 6.53. The van der Waals surface area contributed by atoms with E-state index >= 15 is 0 Å².